The van der Waals surface area contributed by atoms with Gasteiger partial charge in [0, 0.05) is 0 Å². The van der Waals surface area contributed by atoms with E-state index in [1.807, 2.05) is 12.1 Å². The van der Waals surface area contributed by atoms with Gasteiger partial charge in [-0.3, -0.25) is 0 Å². The number of halogens is 4. The van der Waals surface area contributed by atoms with Gasteiger partial charge in [-0.15, -0.1) is 24.8 Å². The van der Waals surface area contributed by atoms with Gasteiger partial charge < -0.3 is 0 Å². The maximum atomic E-state index is 7.01. The molecule has 2 aliphatic carbocycles. The average Bonchev–Trinajstić information content (AvgIpc) is 3.66. The molecular formula is C47H58Cl4Zr. The molecule has 0 aromatic heterocycles. The second-order valence-corrected chi connectivity index (χ2v) is 32.9. The Bertz CT molecular complexity index is 2120. The van der Waals surface area contributed by atoms with Crippen LogP contribution in [0.3, 0.4) is 0 Å². The first-order valence-corrected chi connectivity index (χ1v) is 25.7. The second-order valence-electron chi connectivity index (χ2n) is 19.2. The zero-order valence-corrected chi connectivity index (χ0v) is 38.9. The normalized spacial score (nSPS) is 14.7. The summed E-state index contributed by atoms with van der Waals surface area (Å²) in [7, 11) is 0. The molecule has 0 N–H and O–H groups in total. The van der Waals surface area contributed by atoms with Crippen LogP contribution in [0.5, 0.6) is 0 Å². The van der Waals surface area contributed by atoms with E-state index >= 15 is 0 Å². The van der Waals surface area contributed by atoms with Gasteiger partial charge in [0.1, 0.15) is 0 Å². The van der Waals surface area contributed by atoms with Gasteiger partial charge in [-0.05, 0) is 0 Å². The minimum absolute atomic E-state index is 0. The molecule has 0 amide bonds. The molecule has 278 valence electrons. The number of hydrogen-bond acceptors (Lipinski definition) is 0. The summed E-state index contributed by atoms with van der Waals surface area (Å²) in [4.78, 5) is 0. The molecule has 0 unspecified atom stereocenters. The van der Waals surface area contributed by atoms with Gasteiger partial charge in [0.05, 0.1) is 0 Å². The molecule has 0 aliphatic heterocycles. The number of benzene rings is 4. The molecule has 5 heteroatoms. The Morgan fingerprint density at radius 2 is 1.08 bits per heavy atom. The molecule has 0 atom stereocenters. The molecule has 0 bridgehead atoms. The topological polar surface area (TPSA) is 0 Å². The van der Waals surface area contributed by atoms with E-state index in [-0.39, 0.29) is 46.5 Å². The predicted octanol–water partition coefficient (Wildman–Crippen LogP) is 12.8. The molecule has 0 nitrogen and oxygen atoms in total. The Kier molecular flexibility index (Phi) is 11.7. The zero-order valence-electron chi connectivity index (χ0n) is 33.3. The summed E-state index contributed by atoms with van der Waals surface area (Å²) in [5, 5.41) is 1.49. The van der Waals surface area contributed by atoms with Crippen molar-refractivity contribution in [2.24, 2.45) is 0 Å². The molecule has 52 heavy (non-hydrogen) atoms. The maximum absolute atomic E-state index is 7.01. The van der Waals surface area contributed by atoms with Crippen LogP contribution in [0.25, 0.3) is 11.1 Å². The summed E-state index contributed by atoms with van der Waals surface area (Å²) in [6, 6.07) is 25.1. The fraction of sp³-hybridized carbons (Fsp3) is 0.383. The van der Waals surface area contributed by atoms with Crippen LogP contribution in [-0.2, 0) is 46.4 Å². The van der Waals surface area contributed by atoms with Crippen LogP contribution in [0, 0.1) is 0 Å². The van der Waals surface area contributed by atoms with Gasteiger partial charge in [0.15, 0.2) is 0 Å². The Balaban J connectivity index is 0.00000302. The minimum atomic E-state index is -5.21. The van der Waals surface area contributed by atoms with E-state index in [0.29, 0.717) is 0 Å². The first-order chi connectivity index (χ1) is 23.0. The SMILES string of the molecule is Cl.Cl.[CH2]=[Zr]([C]1=CC=CC1)([c]1cccc(Cl)c1)([c]1cccc(Cl)c1)[c]1c2c(cc(C(C)(C)C)c1C(C)(C)C)-c1cc(C(C)(C)C)c(C(C)(C)C)cc1C2. The van der Waals surface area contributed by atoms with Crippen molar-refractivity contribution >= 4 is 62.0 Å². The molecule has 0 fully saturated rings. The van der Waals surface area contributed by atoms with Gasteiger partial charge in [0.25, 0.3) is 0 Å². The van der Waals surface area contributed by atoms with Crippen LogP contribution in [0.2, 0.25) is 10.0 Å². The number of hydrogen-bond donors (Lipinski definition) is 0. The molecule has 0 spiro atoms. The van der Waals surface area contributed by atoms with Crippen molar-refractivity contribution in [2.45, 2.75) is 118 Å². The summed E-state index contributed by atoms with van der Waals surface area (Å²) in [6.07, 6.45) is 8.69. The number of rotatable bonds is 4. The van der Waals surface area contributed by atoms with Crippen LogP contribution in [0.1, 0.15) is 123 Å². The molecule has 0 saturated heterocycles. The fourth-order valence-electron chi connectivity index (χ4n) is 9.11. The van der Waals surface area contributed by atoms with Crippen molar-refractivity contribution < 1.29 is 18.3 Å². The Morgan fingerprint density at radius 1 is 0.596 bits per heavy atom. The standard InChI is InChI=1S/C29H41.2C6H4Cl.C5H5.CH2.2ClH.Zr/c1-26(2,3)22-14-18-13-19-15-23(27(4,5)6)25(29(10,11)12)17-21(19)20(18)16-24(22)28(7,8)9;2*7-6-4-2-1-3-5-6;1-2-4-5-3-1;;;;/h14,16-17H,13H2,1-12H3;2*1-2,4-5H;1-3H,4H2;1H2;2*1H;. The van der Waals surface area contributed by atoms with Crippen LogP contribution in [0.15, 0.2) is 88.2 Å². The van der Waals surface area contributed by atoms with Gasteiger partial charge in [-0.2, -0.15) is 0 Å². The Labute approximate surface area is 337 Å². The summed E-state index contributed by atoms with van der Waals surface area (Å²) < 4.78 is 11.2. The van der Waals surface area contributed by atoms with Crippen LogP contribution in [-0.4, -0.2) is 4.21 Å². The molecule has 0 saturated carbocycles. The zero-order chi connectivity index (χ0) is 36.8. The molecule has 4 aromatic carbocycles. The van der Waals surface area contributed by atoms with Crippen LogP contribution >= 0.6 is 48.0 Å². The van der Waals surface area contributed by atoms with E-state index in [1.165, 1.54) is 57.6 Å². The Morgan fingerprint density at radius 3 is 1.50 bits per heavy atom. The summed E-state index contributed by atoms with van der Waals surface area (Å²) in [5.41, 5.74) is 11.1. The first kappa shape index (κ1) is 43.0. The van der Waals surface area contributed by atoms with Gasteiger partial charge in [-0.25, -0.2) is 0 Å². The molecule has 0 radical (unpaired) electrons. The predicted molar refractivity (Wildman–Crippen MR) is 235 cm³/mol. The van der Waals surface area contributed by atoms with Crippen molar-refractivity contribution in [1.29, 1.82) is 0 Å². The van der Waals surface area contributed by atoms with Crippen molar-refractivity contribution in [3.8, 4) is 11.1 Å². The first-order valence-electron chi connectivity index (χ1n) is 18.3. The van der Waals surface area contributed by atoms with E-state index < -0.39 is 18.3 Å². The van der Waals surface area contributed by atoms with Crippen LogP contribution < -0.4 is 9.81 Å². The van der Waals surface area contributed by atoms with Crippen molar-refractivity contribution in [1.82, 2.24) is 0 Å². The van der Waals surface area contributed by atoms with Gasteiger partial charge in [0.2, 0.25) is 0 Å². The van der Waals surface area contributed by atoms with Gasteiger partial charge in [-0.1, -0.05) is 0 Å². The second kappa shape index (κ2) is 14.1. The molecule has 2 aliphatic rings. The summed E-state index contributed by atoms with van der Waals surface area (Å²) in [6.45, 7) is 28.5. The molecular weight excluding hydrogens is 798 g/mol. The monoisotopic (exact) mass is 852 g/mol. The van der Waals surface area contributed by atoms with Gasteiger partial charge >= 0.3 is 316 Å². The van der Waals surface area contributed by atoms with E-state index in [0.717, 1.165) is 22.9 Å². The number of allylic oxidation sites excluding steroid dienone is 4. The van der Waals surface area contributed by atoms with E-state index in [9.17, 15) is 0 Å². The third-order valence-corrected chi connectivity index (χ3v) is 28.2. The summed E-state index contributed by atoms with van der Waals surface area (Å²) >= 11 is 8.82. The molecule has 4 aromatic rings. The van der Waals surface area contributed by atoms with E-state index in [2.05, 4.69) is 156 Å². The van der Waals surface area contributed by atoms with Crippen LogP contribution in [0.4, 0.5) is 0 Å². The van der Waals surface area contributed by atoms with E-state index in [1.54, 1.807) is 0 Å². The fourth-order valence-corrected chi connectivity index (χ4v) is 26.7. The number of fused-ring (bicyclic) bond motifs is 3. The summed E-state index contributed by atoms with van der Waals surface area (Å²) in [5.74, 6) is 0. The van der Waals surface area contributed by atoms with Crippen molar-refractivity contribution in [2.75, 3.05) is 0 Å². The van der Waals surface area contributed by atoms with Crippen molar-refractivity contribution in [3.05, 3.63) is 132 Å². The van der Waals surface area contributed by atoms with Crippen molar-refractivity contribution in [3.63, 3.8) is 0 Å². The quantitative estimate of drug-likeness (QED) is 0.169. The third kappa shape index (κ3) is 6.87. The Hall–Kier alpha value is -1.73. The average molecular weight is 856 g/mol. The molecule has 0 heterocycles. The van der Waals surface area contributed by atoms with E-state index in [4.69, 9.17) is 27.4 Å². The third-order valence-electron chi connectivity index (χ3n) is 11.5. The molecule has 6 rings (SSSR count).